The summed E-state index contributed by atoms with van der Waals surface area (Å²) >= 11 is 4.20. The van der Waals surface area contributed by atoms with Crippen LogP contribution in [-0.4, -0.2) is 18.0 Å². The minimum Gasteiger partial charge on any atom is -0.400 e. The van der Waals surface area contributed by atoms with Crippen LogP contribution in [0.5, 0.6) is 0 Å². The Hall–Kier alpha value is 0.310. The van der Waals surface area contributed by atoms with Crippen molar-refractivity contribution < 1.29 is 5.11 Å². The molecule has 0 unspecified atom stereocenters. The number of aliphatic hydroxyl groups is 1. The highest BCUT2D eigenvalue weighted by atomic mass is 32.1. The molecule has 0 aliphatic rings. The molecule has 1 nitrogen and oxygen atoms in total. The summed E-state index contributed by atoms with van der Waals surface area (Å²) in [7, 11) is 1.00. The van der Waals surface area contributed by atoms with Gasteiger partial charge in [0.05, 0.1) is 0 Å². The van der Waals surface area contributed by atoms with Crippen molar-refractivity contribution >= 4 is 12.6 Å². The third kappa shape index (κ3) is 20.4. The normalized spacial score (nSPS) is 9.60. The van der Waals surface area contributed by atoms with E-state index in [0.717, 1.165) is 12.9 Å². The van der Waals surface area contributed by atoms with Crippen LogP contribution in [0.1, 0.15) is 71.1 Å². The third-order valence-corrected chi connectivity index (χ3v) is 2.83. The summed E-state index contributed by atoms with van der Waals surface area (Å²) in [6.07, 6.45) is 14.2. The number of unbranched alkanes of at least 4 members (excludes halogenated alkanes) is 9. The second kappa shape index (κ2) is 19.8. The Morgan fingerprint density at radius 1 is 0.667 bits per heavy atom. The molecule has 1 N–H and O–H groups in total. The molecule has 2 heteroatoms. The van der Waals surface area contributed by atoms with E-state index in [4.69, 9.17) is 5.11 Å². The molecule has 0 aromatic heterocycles. The first-order valence-corrected chi connectivity index (χ1v) is 7.10. The third-order valence-electron chi connectivity index (χ3n) is 2.51. The quantitative estimate of drug-likeness (QED) is 0.423. The lowest BCUT2D eigenvalue weighted by Crippen LogP contribution is -1.81. The van der Waals surface area contributed by atoms with Crippen LogP contribution in [0.25, 0.3) is 0 Å². The summed E-state index contributed by atoms with van der Waals surface area (Å²) in [5, 5.41) is 7.00. The lowest BCUT2D eigenvalue weighted by Gasteiger charge is -2.00. The zero-order valence-electron chi connectivity index (χ0n) is 10.7. The lowest BCUT2D eigenvalue weighted by molar-refractivity contribution is 0.399. The second-order valence-electron chi connectivity index (χ2n) is 3.91. The van der Waals surface area contributed by atoms with E-state index < -0.39 is 0 Å². The molecule has 0 atom stereocenters. The van der Waals surface area contributed by atoms with Gasteiger partial charge in [0, 0.05) is 7.11 Å². The van der Waals surface area contributed by atoms with E-state index in [1.54, 1.807) is 0 Å². The van der Waals surface area contributed by atoms with Crippen LogP contribution in [-0.2, 0) is 0 Å². The molecular weight excluding hydrogens is 204 g/mol. The predicted molar refractivity (Wildman–Crippen MR) is 73.8 cm³/mol. The van der Waals surface area contributed by atoms with Crippen molar-refractivity contribution in [2.45, 2.75) is 71.1 Å². The molecule has 0 saturated heterocycles. The number of thiol groups is 1. The molecule has 0 aromatic carbocycles. The van der Waals surface area contributed by atoms with Crippen LogP contribution in [0.3, 0.4) is 0 Å². The fourth-order valence-electron chi connectivity index (χ4n) is 1.60. The minimum absolute atomic E-state index is 1.00. The average Bonchev–Trinajstić information content (AvgIpc) is 2.30. The predicted octanol–water partition coefficient (Wildman–Crippen LogP) is 4.45. The molecule has 15 heavy (non-hydrogen) atoms. The van der Waals surface area contributed by atoms with Crippen molar-refractivity contribution in [3.05, 3.63) is 0 Å². The zero-order chi connectivity index (χ0) is 11.8. The summed E-state index contributed by atoms with van der Waals surface area (Å²) in [5.74, 6) is 1.07. The second-order valence-corrected chi connectivity index (χ2v) is 4.35. The summed E-state index contributed by atoms with van der Waals surface area (Å²) in [4.78, 5) is 0. The van der Waals surface area contributed by atoms with Gasteiger partial charge < -0.3 is 5.11 Å². The van der Waals surface area contributed by atoms with Gasteiger partial charge in [-0.2, -0.15) is 12.6 Å². The molecule has 0 aromatic rings. The molecule has 0 radical (unpaired) electrons. The molecule has 0 amide bonds. The Balaban J connectivity index is 0. The Bertz CT molecular complexity index is 76.6. The van der Waals surface area contributed by atoms with Gasteiger partial charge >= 0.3 is 0 Å². The maximum absolute atomic E-state index is 7.00. The maximum Gasteiger partial charge on any atom is 0.0319 e. The van der Waals surface area contributed by atoms with Crippen molar-refractivity contribution in [3.63, 3.8) is 0 Å². The topological polar surface area (TPSA) is 20.2 Å². The van der Waals surface area contributed by atoms with E-state index in [-0.39, 0.29) is 0 Å². The van der Waals surface area contributed by atoms with Crippen molar-refractivity contribution in [3.8, 4) is 0 Å². The van der Waals surface area contributed by atoms with Crippen LogP contribution in [0.4, 0.5) is 0 Å². The fourth-order valence-corrected chi connectivity index (χ4v) is 1.82. The van der Waals surface area contributed by atoms with Gasteiger partial charge in [-0.1, -0.05) is 64.7 Å². The van der Waals surface area contributed by atoms with Crippen LogP contribution in [0.2, 0.25) is 0 Å². The molecule has 0 rings (SSSR count). The molecule has 0 aliphatic heterocycles. The lowest BCUT2D eigenvalue weighted by atomic mass is 10.1. The van der Waals surface area contributed by atoms with Crippen molar-refractivity contribution in [2.24, 2.45) is 0 Å². The summed E-state index contributed by atoms with van der Waals surface area (Å²) < 4.78 is 0. The van der Waals surface area contributed by atoms with Crippen LogP contribution in [0, 0.1) is 0 Å². The molecule has 94 valence electrons. The SMILES string of the molecule is CCCCCCCCCCCCS.CO. The first-order chi connectivity index (χ1) is 7.41. The maximum atomic E-state index is 7.00. The largest absolute Gasteiger partial charge is 0.400 e. The molecule has 0 fully saturated rings. The fraction of sp³-hybridized carbons (Fsp3) is 1.00. The van der Waals surface area contributed by atoms with E-state index in [9.17, 15) is 0 Å². The Kier molecular flexibility index (Phi) is 23.4. The molecule has 0 saturated carbocycles. The Labute approximate surface area is 102 Å². The number of hydrogen-bond acceptors (Lipinski definition) is 2. The minimum atomic E-state index is 1.00. The van der Waals surface area contributed by atoms with E-state index in [0.29, 0.717) is 0 Å². The average molecular weight is 234 g/mol. The van der Waals surface area contributed by atoms with E-state index in [1.165, 1.54) is 64.2 Å². The highest BCUT2D eigenvalue weighted by Crippen LogP contribution is 2.10. The van der Waals surface area contributed by atoms with Gasteiger partial charge in [0.15, 0.2) is 0 Å². The van der Waals surface area contributed by atoms with Gasteiger partial charge in [0.1, 0.15) is 0 Å². The van der Waals surface area contributed by atoms with E-state index >= 15 is 0 Å². The van der Waals surface area contributed by atoms with Crippen molar-refractivity contribution in [1.82, 2.24) is 0 Å². The monoisotopic (exact) mass is 234 g/mol. The Morgan fingerprint density at radius 2 is 1.00 bits per heavy atom. The summed E-state index contributed by atoms with van der Waals surface area (Å²) in [6.45, 7) is 2.28. The first kappa shape index (κ1) is 17.7. The first-order valence-electron chi connectivity index (χ1n) is 6.47. The Morgan fingerprint density at radius 3 is 1.33 bits per heavy atom. The molecule has 0 heterocycles. The molecule has 0 spiro atoms. The summed E-state index contributed by atoms with van der Waals surface area (Å²) in [6, 6.07) is 0. The molecular formula is C13H30OS. The van der Waals surface area contributed by atoms with Gasteiger partial charge in [0.25, 0.3) is 0 Å². The number of hydrogen-bond donors (Lipinski definition) is 2. The van der Waals surface area contributed by atoms with Gasteiger partial charge in [-0.05, 0) is 12.2 Å². The smallest absolute Gasteiger partial charge is 0.0319 e. The van der Waals surface area contributed by atoms with Gasteiger partial charge in [-0.3, -0.25) is 0 Å². The standard InChI is InChI=1S/C12H26S.CH4O/c1-2-3-4-5-6-7-8-9-10-11-12-13;1-2/h13H,2-12H2,1H3;2H,1H3. The van der Waals surface area contributed by atoms with Gasteiger partial charge in [0.2, 0.25) is 0 Å². The molecule has 0 aliphatic carbocycles. The highest BCUT2D eigenvalue weighted by Gasteiger charge is 1.91. The number of rotatable bonds is 10. The van der Waals surface area contributed by atoms with Crippen LogP contribution < -0.4 is 0 Å². The van der Waals surface area contributed by atoms with Crippen LogP contribution >= 0.6 is 12.6 Å². The zero-order valence-corrected chi connectivity index (χ0v) is 11.6. The van der Waals surface area contributed by atoms with Gasteiger partial charge in [-0.15, -0.1) is 0 Å². The number of aliphatic hydroxyl groups excluding tert-OH is 1. The van der Waals surface area contributed by atoms with Crippen molar-refractivity contribution in [1.29, 1.82) is 0 Å². The molecule has 0 bridgehead atoms. The van der Waals surface area contributed by atoms with E-state index in [2.05, 4.69) is 19.6 Å². The highest BCUT2D eigenvalue weighted by molar-refractivity contribution is 7.80. The van der Waals surface area contributed by atoms with E-state index in [1.807, 2.05) is 0 Å². The van der Waals surface area contributed by atoms with Gasteiger partial charge in [-0.25, -0.2) is 0 Å². The van der Waals surface area contributed by atoms with Crippen molar-refractivity contribution in [2.75, 3.05) is 12.9 Å². The summed E-state index contributed by atoms with van der Waals surface area (Å²) in [5.41, 5.74) is 0. The van der Waals surface area contributed by atoms with Crippen LogP contribution in [0.15, 0.2) is 0 Å².